The third kappa shape index (κ3) is 2.54. The van der Waals surface area contributed by atoms with Crippen LogP contribution in [0.15, 0.2) is 6.20 Å². The molecule has 104 valence electrons. The number of esters is 1. The Morgan fingerprint density at radius 2 is 2.37 bits per heavy atom. The molecule has 1 aromatic heterocycles. The lowest BCUT2D eigenvalue weighted by Gasteiger charge is -2.21. The van der Waals surface area contributed by atoms with Gasteiger partial charge >= 0.3 is 5.97 Å². The fourth-order valence-corrected chi connectivity index (χ4v) is 3.35. The van der Waals surface area contributed by atoms with E-state index in [0.717, 1.165) is 37.5 Å². The fourth-order valence-electron chi connectivity index (χ4n) is 2.55. The highest BCUT2D eigenvalue weighted by atomic mass is 32.1. The first kappa shape index (κ1) is 13.1. The summed E-state index contributed by atoms with van der Waals surface area (Å²) in [4.78, 5) is 17.1. The number of thiazole rings is 1. The van der Waals surface area contributed by atoms with Crippen LogP contribution in [0.2, 0.25) is 0 Å². The summed E-state index contributed by atoms with van der Waals surface area (Å²) in [5.74, 6) is 0.521. The SMILES string of the molecule is CC(C)c1ncc(C(=O)OC2(C3CCOC3)CC2)s1. The average Bonchev–Trinajstić information content (AvgIpc) is 2.91. The number of hydrogen-bond donors (Lipinski definition) is 0. The molecular formula is C14H19NO3S. The molecule has 1 aliphatic heterocycles. The van der Waals surface area contributed by atoms with Gasteiger partial charge in [-0.05, 0) is 19.3 Å². The van der Waals surface area contributed by atoms with Gasteiger partial charge in [0.1, 0.15) is 10.5 Å². The lowest BCUT2D eigenvalue weighted by Crippen LogP contribution is -2.29. The summed E-state index contributed by atoms with van der Waals surface area (Å²) in [5, 5.41) is 0.987. The molecular weight excluding hydrogens is 262 g/mol. The maximum atomic E-state index is 12.2. The third-order valence-electron chi connectivity index (χ3n) is 3.93. The number of aromatic nitrogens is 1. The van der Waals surface area contributed by atoms with Crippen LogP contribution in [0.4, 0.5) is 0 Å². The Balaban J connectivity index is 1.67. The van der Waals surface area contributed by atoms with Gasteiger partial charge in [0, 0.05) is 18.4 Å². The van der Waals surface area contributed by atoms with Crippen molar-refractivity contribution in [1.82, 2.24) is 4.98 Å². The van der Waals surface area contributed by atoms with E-state index in [1.54, 1.807) is 6.20 Å². The van der Waals surface area contributed by atoms with Crippen LogP contribution in [0.5, 0.6) is 0 Å². The average molecular weight is 281 g/mol. The highest BCUT2D eigenvalue weighted by molar-refractivity contribution is 7.13. The van der Waals surface area contributed by atoms with E-state index in [4.69, 9.17) is 9.47 Å². The van der Waals surface area contributed by atoms with E-state index in [0.29, 0.717) is 16.7 Å². The molecule has 0 amide bonds. The summed E-state index contributed by atoms with van der Waals surface area (Å²) >= 11 is 1.44. The van der Waals surface area contributed by atoms with E-state index in [1.165, 1.54) is 11.3 Å². The molecule has 0 bridgehead atoms. The van der Waals surface area contributed by atoms with Crippen LogP contribution in [0, 0.1) is 5.92 Å². The molecule has 1 saturated carbocycles. The molecule has 2 aliphatic rings. The molecule has 1 unspecified atom stereocenters. The minimum absolute atomic E-state index is 0.214. The summed E-state index contributed by atoms with van der Waals surface area (Å²) in [6.45, 7) is 5.67. The van der Waals surface area contributed by atoms with Crippen LogP contribution < -0.4 is 0 Å². The highest BCUT2D eigenvalue weighted by Gasteiger charge is 2.54. The molecule has 2 fully saturated rings. The van der Waals surface area contributed by atoms with E-state index in [9.17, 15) is 4.79 Å². The molecule has 0 N–H and O–H groups in total. The zero-order valence-corrected chi connectivity index (χ0v) is 12.2. The fraction of sp³-hybridized carbons (Fsp3) is 0.714. The van der Waals surface area contributed by atoms with Crippen molar-refractivity contribution in [2.45, 2.75) is 44.6 Å². The van der Waals surface area contributed by atoms with Crippen LogP contribution in [-0.2, 0) is 9.47 Å². The van der Waals surface area contributed by atoms with Gasteiger partial charge < -0.3 is 9.47 Å². The van der Waals surface area contributed by atoms with E-state index >= 15 is 0 Å². The molecule has 1 atom stereocenters. The van der Waals surface area contributed by atoms with Crippen molar-refractivity contribution in [2.24, 2.45) is 5.92 Å². The maximum Gasteiger partial charge on any atom is 0.350 e. The Kier molecular flexibility index (Phi) is 3.35. The van der Waals surface area contributed by atoms with Gasteiger partial charge in [-0.25, -0.2) is 9.78 Å². The van der Waals surface area contributed by atoms with Crippen LogP contribution >= 0.6 is 11.3 Å². The van der Waals surface area contributed by atoms with Crippen LogP contribution in [-0.4, -0.2) is 29.8 Å². The molecule has 2 heterocycles. The lowest BCUT2D eigenvalue weighted by atomic mass is 9.99. The van der Waals surface area contributed by atoms with Gasteiger partial charge in [-0.15, -0.1) is 11.3 Å². The lowest BCUT2D eigenvalue weighted by molar-refractivity contribution is 0.00133. The standard InChI is InChI=1S/C14H19NO3S/c1-9(2)12-15-7-11(19-12)13(16)18-14(4-5-14)10-3-6-17-8-10/h7,9-10H,3-6,8H2,1-2H3. The second kappa shape index (κ2) is 4.87. The van der Waals surface area contributed by atoms with Crippen molar-refractivity contribution in [1.29, 1.82) is 0 Å². The topological polar surface area (TPSA) is 48.4 Å². The van der Waals surface area contributed by atoms with Crippen molar-refractivity contribution >= 4 is 17.3 Å². The molecule has 1 aromatic rings. The molecule has 0 radical (unpaired) electrons. The quantitative estimate of drug-likeness (QED) is 0.796. The van der Waals surface area contributed by atoms with Crippen molar-refractivity contribution < 1.29 is 14.3 Å². The first-order chi connectivity index (χ1) is 9.11. The normalized spacial score (nSPS) is 24.7. The number of nitrogens with zero attached hydrogens (tertiary/aromatic N) is 1. The smallest absolute Gasteiger partial charge is 0.350 e. The number of hydrogen-bond acceptors (Lipinski definition) is 5. The van der Waals surface area contributed by atoms with Crippen molar-refractivity contribution in [3.05, 3.63) is 16.1 Å². The summed E-state index contributed by atoms with van der Waals surface area (Å²) < 4.78 is 11.2. The van der Waals surface area contributed by atoms with Gasteiger partial charge in [-0.3, -0.25) is 0 Å². The van der Waals surface area contributed by atoms with Crippen molar-refractivity contribution in [3.8, 4) is 0 Å². The Hall–Kier alpha value is -0.940. The highest BCUT2D eigenvalue weighted by Crippen LogP contribution is 2.49. The largest absolute Gasteiger partial charge is 0.454 e. The van der Waals surface area contributed by atoms with Gasteiger partial charge in [-0.1, -0.05) is 13.8 Å². The van der Waals surface area contributed by atoms with Gasteiger partial charge in [0.15, 0.2) is 0 Å². The minimum atomic E-state index is -0.241. The summed E-state index contributed by atoms with van der Waals surface area (Å²) in [5.41, 5.74) is -0.241. The predicted molar refractivity (Wildman–Crippen MR) is 72.5 cm³/mol. The monoisotopic (exact) mass is 281 g/mol. The molecule has 4 nitrogen and oxygen atoms in total. The summed E-state index contributed by atoms with van der Waals surface area (Å²) in [6, 6.07) is 0. The molecule has 3 rings (SSSR count). The predicted octanol–water partition coefficient (Wildman–Crippen LogP) is 2.99. The van der Waals surface area contributed by atoms with Crippen molar-refractivity contribution in [3.63, 3.8) is 0 Å². The Morgan fingerprint density at radius 3 is 2.89 bits per heavy atom. The molecule has 1 aliphatic carbocycles. The van der Waals surface area contributed by atoms with Crippen molar-refractivity contribution in [2.75, 3.05) is 13.2 Å². The zero-order valence-electron chi connectivity index (χ0n) is 11.3. The molecule has 5 heteroatoms. The summed E-state index contributed by atoms with van der Waals surface area (Å²) in [6.07, 6.45) is 4.60. The van der Waals surface area contributed by atoms with Crippen LogP contribution in [0.1, 0.15) is 53.7 Å². The first-order valence-electron chi connectivity index (χ1n) is 6.87. The van der Waals surface area contributed by atoms with E-state index in [1.807, 2.05) is 0 Å². The van der Waals surface area contributed by atoms with Crippen LogP contribution in [0.3, 0.4) is 0 Å². The Labute approximate surface area is 117 Å². The van der Waals surface area contributed by atoms with Gasteiger partial charge in [0.2, 0.25) is 0 Å². The van der Waals surface area contributed by atoms with Crippen LogP contribution in [0.25, 0.3) is 0 Å². The van der Waals surface area contributed by atoms with E-state index in [-0.39, 0.29) is 11.6 Å². The number of rotatable bonds is 4. The molecule has 0 aromatic carbocycles. The maximum absolute atomic E-state index is 12.2. The number of ether oxygens (including phenoxy) is 2. The van der Waals surface area contributed by atoms with Gasteiger partial charge in [-0.2, -0.15) is 0 Å². The zero-order chi connectivity index (χ0) is 13.5. The Bertz CT molecular complexity index is 473. The van der Waals surface area contributed by atoms with E-state index in [2.05, 4.69) is 18.8 Å². The van der Waals surface area contributed by atoms with E-state index < -0.39 is 0 Å². The molecule has 1 saturated heterocycles. The van der Waals surface area contributed by atoms with Gasteiger partial charge in [0.25, 0.3) is 0 Å². The second-order valence-corrected chi connectivity index (χ2v) is 6.79. The minimum Gasteiger partial charge on any atom is -0.454 e. The first-order valence-corrected chi connectivity index (χ1v) is 7.69. The number of carbonyl (C=O) groups excluding carboxylic acids is 1. The molecule has 0 spiro atoms. The Morgan fingerprint density at radius 1 is 1.58 bits per heavy atom. The summed E-state index contributed by atoms with van der Waals surface area (Å²) in [7, 11) is 0. The molecule has 19 heavy (non-hydrogen) atoms. The number of carbonyl (C=O) groups is 1. The van der Waals surface area contributed by atoms with Gasteiger partial charge in [0.05, 0.1) is 17.8 Å². The second-order valence-electron chi connectivity index (χ2n) is 5.73. The third-order valence-corrected chi connectivity index (χ3v) is 5.21.